The van der Waals surface area contributed by atoms with Crippen LogP contribution >= 0.6 is 11.3 Å². The standard InChI is InChI=1S/C20H20N2O5S/c1-4-15-12(3)28-18(17(15)20(25)26-5-2)22-16(23)11-27-19(24)14-8-6-7-13(9-14)10-21/h6-9H,4-5,11H2,1-3H3,(H,22,23). The topological polar surface area (TPSA) is 105 Å². The molecule has 8 heteroatoms. The number of anilines is 1. The number of hydrogen-bond donors (Lipinski definition) is 1. The molecule has 1 heterocycles. The fraction of sp³-hybridized carbons (Fsp3) is 0.300. The van der Waals surface area contributed by atoms with Gasteiger partial charge in [0.2, 0.25) is 0 Å². The van der Waals surface area contributed by atoms with Gasteiger partial charge in [0.05, 0.1) is 29.4 Å². The van der Waals surface area contributed by atoms with Crippen molar-refractivity contribution in [2.45, 2.75) is 27.2 Å². The highest BCUT2D eigenvalue weighted by molar-refractivity contribution is 7.16. The predicted octanol–water partition coefficient (Wildman–Crippen LogP) is 3.46. The van der Waals surface area contributed by atoms with Crippen LogP contribution < -0.4 is 5.32 Å². The lowest BCUT2D eigenvalue weighted by atomic mass is 10.1. The third-order valence-electron chi connectivity index (χ3n) is 3.86. The number of aryl methyl sites for hydroxylation is 1. The Labute approximate surface area is 166 Å². The number of rotatable bonds is 7. The smallest absolute Gasteiger partial charge is 0.341 e. The van der Waals surface area contributed by atoms with Crippen molar-refractivity contribution in [3.63, 3.8) is 0 Å². The van der Waals surface area contributed by atoms with E-state index >= 15 is 0 Å². The van der Waals surface area contributed by atoms with E-state index in [1.165, 1.54) is 23.5 Å². The van der Waals surface area contributed by atoms with Gasteiger partial charge in [-0.3, -0.25) is 4.79 Å². The maximum Gasteiger partial charge on any atom is 0.341 e. The Morgan fingerprint density at radius 2 is 1.93 bits per heavy atom. The van der Waals surface area contributed by atoms with Crippen LogP contribution in [0, 0.1) is 18.3 Å². The molecule has 2 rings (SSSR count). The molecule has 0 radical (unpaired) electrons. The second kappa shape index (κ2) is 9.67. The fourth-order valence-electron chi connectivity index (χ4n) is 2.60. The molecule has 0 aliphatic rings. The molecule has 1 amide bonds. The van der Waals surface area contributed by atoms with Gasteiger partial charge >= 0.3 is 11.9 Å². The van der Waals surface area contributed by atoms with Crippen LogP contribution in [0.25, 0.3) is 0 Å². The van der Waals surface area contributed by atoms with Gasteiger partial charge in [-0.15, -0.1) is 11.3 Å². The highest BCUT2D eigenvalue weighted by Gasteiger charge is 2.23. The molecule has 0 saturated heterocycles. The van der Waals surface area contributed by atoms with E-state index in [0.717, 1.165) is 10.4 Å². The summed E-state index contributed by atoms with van der Waals surface area (Å²) in [6.07, 6.45) is 0.622. The molecule has 0 unspecified atom stereocenters. The fourth-order valence-corrected chi connectivity index (χ4v) is 3.75. The van der Waals surface area contributed by atoms with E-state index in [9.17, 15) is 14.4 Å². The molecule has 7 nitrogen and oxygen atoms in total. The van der Waals surface area contributed by atoms with Gasteiger partial charge in [0, 0.05) is 4.88 Å². The molecular weight excluding hydrogens is 380 g/mol. The number of esters is 2. The van der Waals surface area contributed by atoms with E-state index in [2.05, 4.69) is 5.32 Å². The summed E-state index contributed by atoms with van der Waals surface area (Å²) in [6.45, 7) is 5.20. The summed E-state index contributed by atoms with van der Waals surface area (Å²) in [5.74, 6) is -1.78. The molecule has 1 aromatic carbocycles. The first-order chi connectivity index (χ1) is 13.4. The average molecular weight is 400 g/mol. The van der Waals surface area contributed by atoms with E-state index in [4.69, 9.17) is 14.7 Å². The SMILES string of the molecule is CCOC(=O)c1c(NC(=O)COC(=O)c2cccc(C#N)c2)sc(C)c1CC. The maximum atomic E-state index is 12.3. The highest BCUT2D eigenvalue weighted by atomic mass is 32.1. The van der Waals surface area contributed by atoms with Crippen molar-refractivity contribution in [1.29, 1.82) is 5.26 Å². The summed E-state index contributed by atoms with van der Waals surface area (Å²) >= 11 is 1.27. The summed E-state index contributed by atoms with van der Waals surface area (Å²) in [4.78, 5) is 37.5. The summed E-state index contributed by atoms with van der Waals surface area (Å²) in [5, 5.41) is 11.9. The van der Waals surface area contributed by atoms with Crippen LogP contribution in [-0.4, -0.2) is 31.1 Å². The number of carbonyl (C=O) groups is 3. The molecule has 0 bridgehead atoms. The predicted molar refractivity (Wildman–Crippen MR) is 104 cm³/mol. The number of nitrogens with one attached hydrogen (secondary N) is 1. The van der Waals surface area contributed by atoms with Crippen molar-refractivity contribution in [2.75, 3.05) is 18.5 Å². The minimum Gasteiger partial charge on any atom is -0.462 e. The summed E-state index contributed by atoms with van der Waals surface area (Å²) in [5.41, 5.74) is 1.66. The highest BCUT2D eigenvalue weighted by Crippen LogP contribution is 2.34. The van der Waals surface area contributed by atoms with E-state index < -0.39 is 24.5 Å². The number of thiophene rings is 1. The molecule has 2 aromatic rings. The van der Waals surface area contributed by atoms with Crippen molar-refractivity contribution in [1.82, 2.24) is 0 Å². The lowest BCUT2D eigenvalue weighted by Crippen LogP contribution is -2.22. The molecule has 0 aliphatic carbocycles. The van der Waals surface area contributed by atoms with Gasteiger partial charge in [-0.05, 0) is 44.0 Å². The number of hydrogen-bond acceptors (Lipinski definition) is 7. The molecule has 0 aliphatic heterocycles. The number of nitrogens with zero attached hydrogens (tertiary/aromatic N) is 1. The van der Waals surface area contributed by atoms with Crippen LogP contribution in [0.5, 0.6) is 0 Å². The molecular formula is C20H20N2O5S. The first-order valence-electron chi connectivity index (χ1n) is 8.67. The van der Waals surface area contributed by atoms with Crippen LogP contribution in [0.4, 0.5) is 5.00 Å². The van der Waals surface area contributed by atoms with Crippen molar-refractivity contribution in [2.24, 2.45) is 0 Å². The molecule has 28 heavy (non-hydrogen) atoms. The quantitative estimate of drug-likeness (QED) is 0.714. The number of benzene rings is 1. The molecule has 0 fully saturated rings. The van der Waals surface area contributed by atoms with E-state index in [1.807, 2.05) is 19.9 Å². The van der Waals surface area contributed by atoms with Crippen molar-refractivity contribution >= 4 is 34.2 Å². The van der Waals surface area contributed by atoms with Gasteiger partial charge in [0.1, 0.15) is 5.00 Å². The monoisotopic (exact) mass is 400 g/mol. The number of ether oxygens (including phenoxy) is 2. The third kappa shape index (κ3) is 4.96. The van der Waals surface area contributed by atoms with Crippen LogP contribution in [0.3, 0.4) is 0 Å². The molecule has 0 atom stereocenters. The molecule has 0 spiro atoms. The second-order valence-corrected chi connectivity index (χ2v) is 6.96. The Morgan fingerprint density at radius 3 is 2.57 bits per heavy atom. The zero-order valence-electron chi connectivity index (χ0n) is 15.8. The maximum absolute atomic E-state index is 12.3. The van der Waals surface area contributed by atoms with E-state index in [-0.39, 0.29) is 12.2 Å². The van der Waals surface area contributed by atoms with Crippen LogP contribution in [0.15, 0.2) is 24.3 Å². The molecule has 0 saturated carbocycles. The Balaban J connectivity index is 2.08. The summed E-state index contributed by atoms with van der Waals surface area (Å²) in [7, 11) is 0. The average Bonchev–Trinajstić information content (AvgIpc) is 3.01. The van der Waals surface area contributed by atoms with E-state index in [0.29, 0.717) is 22.5 Å². The first kappa shape index (κ1) is 21.1. The van der Waals surface area contributed by atoms with E-state index in [1.54, 1.807) is 19.1 Å². The third-order valence-corrected chi connectivity index (χ3v) is 4.92. The Kier molecular flexibility index (Phi) is 7.29. The number of amides is 1. The largest absolute Gasteiger partial charge is 0.462 e. The Bertz CT molecular complexity index is 943. The normalized spacial score (nSPS) is 10.1. The second-order valence-electron chi connectivity index (χ2n) is 5.73. The number of nitriles is 1. The van der Waals surface area contributed by atoms with Crippen LogP contribution in [0.2, 0.25) is 0 Å². The zero-order chi connectivity index (χ0) is 20.7. The van der Waals surface area contributed by atoms with Gasteiger partial charge < -0.3 is 14.8 Å². The van der Waals surface area contributed by atoms with Crippen LogP contribution in [-0.2, 0) is 20.7 Å². The Hall–Kier alpha value is -3.18. The summed E-state index contributed by atoms with van der Waals surface area (Å²) < 4.78 is 10.1. The minimum absolute atomic E-state index is 0.180. The van der Waals surface area contributed by atoms with Crippen molar-refractivity contribution < 1.29 is 23.9 Å². The molecule has 1 aromatic heterocycles. The van der Waals surface area contributed by atoms with Crippen molar-refractivity contribution in [3.05, 3.63) is 51.4 Å². The van der Waals surface area contributed by atoms with Gasteiger partial charge in [0.15, 0.2) is 6.61 Å². The van der Waals surface area contributed by atoms with Crippen LogP contribution in [0.1, 0.15) is 50.6 Å². The zero-order valence-corrected chi connectivity index (χ0v) is 16.6. The lowest BCUT2D eigenvalue weighted by Gasteiger charge is -2.08. The number of carbonyl (C=O) groups excluding carboxylic acids is 3. The minimum atomic E-state index is -0.713. The van der Waals surface area contributed by atoms with Gasteiger partial charge in [-0.1, -0.05) is 13.0 Å². The Morgan fingerprint density at radius 1 is 1.18 bits per heavy atom. The first-order valence-corrected chi connectivity index (χ1v) is 9.49. The molecule has 146 valence electrons. The van der Waals surface area contributed by atoms with Gasteiger partial charge in [-0.25, -0.2) is 9.59 Å². The van der Waals surface area contributed by atoms with Gasteiger partial charge in [0.25, 0.3) is 5.91 Å². The summed E-state index contributed by atoms with van der Waals surface area (Å²) in [6, 6.07) is 7.93. The lowest BCUT2D eigenvalue weighted by molar-refractivity contribution is -0.119. The van der Waals surface area contributed by atoms with Gasteiger partial charge in [-0.2, -0.15) is 5.26 Å². The van der Waals surface area contributed by atoms with Crippen molar-refractivity contribution in [3.8, 4) is 6.07 Å². The molecule has 1 N–H and O–H groups in total.